The second-order valence-electron chi connectivity index (χ2n) is 1.84. The predicted molar refractivity (Wildman–Crippen MR) is 41.6 cm³/mol. The fourth-order valence-electron chi connectivity index (χ4n) is 0.290. The number of rotatable bonds is 6. The van der Waals surface area contributed by atoms with Crippen molar-refractivity contribution in [3.8, 4) is 0 Å². The Hall–Kier alpha value is -0.0100. The van der Waals surface area contributed by atoms with E-state index in [0.717, 1.165) is 0 Å². The fraction of sp³-hybridized carbons (Fsp3) is 1.00. The smallest absolute Gasteiger partial charge is 0.107 e. The first-order valence-corrected chi connectivity index (χ1v) is 5.00. The van der Waals surface area contributed by atoms with Crippen molar-refractivity contribution in [3.63, 3.8) is 0 Å². The first-order chi connectivity index (χ1) is 5.12. The second kappa shape index (κ2) is 5.62. The van der Waals surface area contributed by atoms with E-state index in [1.807, 2.05) is 0 Å². The van der Waals surface area contributed by atoms with Crippen molar-refractivity contribution in [3.05, 3.63) is 0 Å². The minimum atomic E-state index is -3.49. The zero-order valence-electron chi connectivity index (χ0n) is 6.65. The maximum absolute atomic E-state index is 10.7. The molecule has 0 fully saturated rings. The Balaban J connectivity index is 3.31. The summed E-state index contributed by atoms with van der Waals surface area (Å²) in [5.74, 6) is 0.0416. The van der Waals surface area contributed by atoms with Gasteiger partial charge in [-0.15, -0.1) is 4.33 Å². The molecule has 0 aromatic carbocycles. The fourth-order valence-corrected chi connectivity index (χ4v) is 0.634. The highest BCUT2D eigenvalue weighted by molar-refractivity contribution is 7.93. The van der Waals surface area contributed by atoms with Crippen LogP contribution in [0.3, 0.4) is 0 Å². The lowest BCUT2D eigenvalue weighted by atomic mass is 10.8. The van der Waals surface area contributed by atoms with Crippen molar-refractivity contribution in [2.75, 3.05) is 26.1 Å². The summed E-state index contributed by atoms with van der Waals surface area (Å²) in [6, 6.07) is 0. The summed E-state index contributed by atoms with van der Waals surface area (Å²) in [5.41, 5.74) is 0. The van der Waals surface area contributed by atoms with Gasteiger partial charge in [0.25, 0.3) is 0 Å². The van der Waals surface area contributed by atoms with Crippen LogP contribution in [0.5, 0.6) is 0 Å². The monoisotopic (exact) mass is 186 g/mol. The van der Waals surface area contributed by atoms with Crippen LogP contribution in [0.15, 0.2) is 0 Å². The average Bonchev–Trinajstić information content (AvgIpc) is 1.99. The summed E-state index contributed by atoms with van der Waals surface area (Å²) in [4.78, 5) is 4.39. The molecule has 0 unspecified atom stereocenters. The third kappa shape index (κ3) is 6.39. The molecule has 0 aromatic heterocycles. The lowest BCUT2D eigenvalue weighted by molar-refractivity contribution is -0.213. The Morgan fingerprint density at radius 3 is 2.55 bits per heavy atom. The van der Waals surface area contributed by atoms with Crippen LogP contribution in [-0.4, -0.2) is 34.8 Å². The van der Waals surface area contributed by atoms with Crippen molar-refractivity contribution >= 4 is 10.5 Å². The molecule has 0 aliphatic rings. The number of methoxy groups -OCH3 is 1. The summed E-state index contributed by atoms with van der Waals surface area (Å²) in [6.45, 7) is 2.03. The van der Waals surface area contributed by atoms with Crippen molar-refractivity contribution in [2.45, 2.75) is 6.92 Å². The molecular weight excluding hydrogens is 172 g/mol. The summed E-state index contributed by atoms with van der Waals surface area (Å²) in [5, 5.41) is 0. The summed E-state index contributed by atoms with van der Waals surface area (Å²) in [6.07, 6.45) is 0. The average molecular weight is 186 g/mol. The summed E-state index contributed by atoms with van der Waals surface area (Å²) in [7, 11) is -1.99. The Morgan fingerprint density at radius 2 is 2.09 bits per heavy atom. The first-order valence-electron chi connectivity index (χ1n) is 3.24. The van der Waals surface area contributed by atoms with Gasteiger partial charge in [-0.05, 0) is 0 Å². The van der Waals surface area contributed by atoms with Crippen molar-refractivity contribution in [1.82, 2.24) is 0 Å². The van der Waals surface area contributed by atoms with Crippen LogP contribution in [0.2, 0.25) is 0 Å². The topological polar surface area (TPSA) is 65.0 Å². The van der Waals surface area contributed by atoms with Gasteiger partial charge in [0.05, 0.1) is 6.61 Å². The van der Waals surface area contributed by atoms with Gasteiger partial charge in [-0.3, -0.25) is 0 Å². The molecule has 0 rings (SSSR count). The highest BCUT2D eigenvalue weighted by Crippen LogP contribution is 2.00. The van der Waals surface area contributed by atoms with Gasteiger partial charge in [0.15, 0.2) is 0 Å². The molecule has 0 aromatic rings. The van der Waals surface area contributed by atoms with E-state index in [9.17, 15) is 4.21 Å². The van der Waals surface area contributed by atoms with Gasteiger partial charge in [-0.1, -0.05) is 6.92 Å². The van der Waals surface area contributed by atoms with E-state index in [-0.39, 0.29) is 12.4 Å². The molecule has 5 nitrogen and oxygen atoms in total. The van der Waals surface area contributed by atoms with Crippen LogP contribution < -0.4 is 0 Å². The molecule has 11 heavy (non-hydrogen) atoms. The van der Waals surface area contributed by atoms with Crippen LogP contribution in [-0.2, 0) is 24.5 Å². The summed E-state index contributed by atoms with van der Waals surface area (Å²) < 4.78 is 28.3. The van der Waals surface area contributed by atoms with E-state index in [1.165, 1.54) is 7.11 Å². The second-order valence-corrected chi connectivity index (χ2v) is 3.90. The number of hydrogen-bond donors (Lipinski definition) is 2. The maximum Gasteiger partial charge on any atom is 0.107 e. The molecule has 0 saturated carbocycles. The molecule has 0 atom stereocenters. The molecule has 0 bridgehead atoms. The Kier molecular flexibility index (Phi) is 5.61. The van der Waals surface area contributed by atoms with Gasteiger partial charge in [0, 0.05) is 12.9 Å². The van der Waals surface area contributed by atoms with Crippen molar-refractivity contribution < 1.29 is 22.7 Å². The molecule has 0 radical (unpaired) electrons. The van der Waals surface area contributed by atoms with Gasteiger partial charge >= 0.3 is 0 Å². The molecule has 70 valence electrons. The van der Waals surface area contributed by atoms with Gasteiger partial charge < -0.3 is 9.29 Å². The van der Waals surface area contributed by atoms with Gasteiger partial charge in [0.2, 0.25) is 0 Å². The first kappa shape index (κ1) is 11.0. The largest absolute Gasteiger partial charge is 0.382 e. The lowest BCUT2D eigenvalue weighted by Gasteiger charge is -2.13. The normalized spacial score (nSPS) is 13.4. The molecular formula is C5H14O5S. The number of ether oxygens (including phenoxy) is 1. The maximum atomic E-state index is 10.7. The van der Waals surface area contributed by atoms with E-state index in [0.29, 0.717) is 6.61 Å². The molecule has 0 heterocycles. The Labute approximate surface area is 67.0 Å². The minimum absolute atomic E-state index is 0.0416. The lowest BCUT2D eigenvalue weighted by Crippen LogP contribution is -2.18. The number of hydrogen-bond acceptors (Lipinski definition) is 4. The quantitative estimate of drug-likeness (QED) is 0.265. The predicted octanol–water partition coefficient (Wildman–Crippen LogP) is 0.00560. The van der Waals surface area contributed by atoms with E-state index >= 15 is 0 Å². The molecule has 1 N–H and O–H groups in total. The zero-order valence-corrected chi connectivity index (χ0v) is 7.54. The van der Waals surface area contributed by atoms with E-state index < -0.39 is 10.5 Å². The number of thiol groups is 1. The summed E-state index contributed by atoms with van der Waals surface area (Å²) >= 11 is 0. The van der Waals surface area contributed by atoms with E-state index in [2.05, 4.69) is 14.0 Å². The van der Waals surface area contributed by atoms with Gasteiger partial charge in [0.1, 0.15) is 17.1 Å². The minimum Gasteiger partial charge on any atom is -0.382 e. The van der Waals surface area contributed by atoms with Crippen LogP contribution in [0.1, 0.15) is 6.92 Å². The Bertz CT molecular complexity index is 137. The standard InChI is InChI=1S/C5H14O5S/c1-3-11(6,7)10-9-5-4-8-2/h11H,3-5H2,1-2H3,(H,6,7). The van der Waals surface area contributed by atoms with Crippen LogP contribution >= 0.6 is 0 Å². The van der Waals surface area contributed by atoms with Crippen molar-refractivity contribution in [1.29, 1.82) is 0 Å². The molecule has 0 saturated heterocycles. The van der Waals surface area contributed by atoms with Crippen LogP contribution in [0.25, 0.3) is 0 Å². The zero-order chi connectivity index (χ0) is 8.74. The van der Waals surface area contributed by atoms with Crippen LogP contribution in [0, 0.1) is 0 Å². The van der Waals surface area contributed by atoms with E-state index in [1.54, 1.807) is 6.92 Å². The van der Waals surface area contributed by atoms with E-state index in [4.69, 9.17) is 4.55 Å². The molecule has 0 spiro atoms. The highest BCUT2D eigenvalue weighted by Gasteiger charge is 2.06. The van der Waals surface area contributed by atoms with Gasteiger partial charge in [-0.2, -0.15) is 0 Å². The third-order valence-corrected chi connectivity index (χ3v) is 2.08. The molecule has 6 heteroatoms. The molecule has 0 amide bonds. The van der Waals surface area contributed by atoms with Gasteiger partial charge in [-0.25, -0.2) is 9.10 Å². The molecule has 0 aliphatic carbocycles. The third-order valence-electron chi connectivity index (χ3n) is 0.940. The highest BCUT2D eigenvalue weighted by atomic mass is 32.3. The molecule has 0 aliphatic heterocycles. The van der Waals surface area contributed by atoms with Crippen molar-refractivity contribution in [2.24, 2.45) is 0 Å². The Morgan fingerprint density at radius 1 is 1.45 bits per heavy atom. The SMILES string of the molecule is CC[SH](=O)(O)OOCCOC. The van der Waals surface area contributed by atoms with Crippen LogP contribution in [0.4, 0.5) is 0 Å².